The minimum absolute atomic E-state index is 0.0493. The van der Waals surface area contributed by atoms with Crippen LogP contribution < -0.4 is 11.3 Å². The molecule has 2 N–H and O–H groups in total. The Balaban J connectivity index is 2.53. The standard InChI is InChI=1S/C16H16N4O3S/c1-10(17)15-19-12-6-3-7-13(24(2,22)23)14(12)16(21)20(15)11-5-4-8-18-9-11/h3-10H,17H2,1-2H3/t10-/m0/s1. The van der Waals surface area contributed by atoms with Gasteiger partial charge < -0.3 is 5.73 Å². The van der Waals surface area contributed by atoms with E-state index in [1.165, 1.54) is 16.8 Å². The first kappa shape index (κ1) is 16.3. The third-order valence-electron chi connectivity index (χ3n) is 3.60. The third-order valence-corrected chi connectivity index (χ3v) is 4.74. The van der Waals surface area contributed by atoms with Crippen LogP contribution in [0.1, 0.15) is 18.8 Å². The maximum Gasteiger partial charge on any atom is 0.267 e. The molecule has 0 aliphatic carbocycles. The predicted molar refractivity (Wildman–Crippen MR) is 90.8 cm³/mol. The number of rotatable bonds is 3. The van der Waals surface area contributed by atoms with Gasteiger partial charge in [0.05, 0.1) is 33.7 Å². The van der Waals surface area contributed by atoms with Crippen LogP contribution in [0.2, 0.25) is 0 Å². The molecule has 0 saturated heterocycles. The van der Waals surface area contributed by atoms with Gasteiger partial charge in [0.1, 0.15) is 5.82 Å². The SMILES string of the molecule is C[C@H](N)c1nc2cccc(S(C)(=O)=O)c2c(=O)n1-c1cccnc1. The third kappa shape index (κ3) is 2.70. The lowest BCUT2D eigenvalue weighted by Gasteiger charge is -2.16. The summed E-state index contributed by atoms with van der Waals surface area (Å²) in [5.74, 6) is 0.339. The van der Waals surface area contributed by atoms with Crippen LogP contribution in [0.5, 0.6) is 0 Å². The number of benzene rings is 1. The van der Waals surface area contributed by atoms with Crippen LogP contribution >= 0.6 is 0 Å². The topological polar surface area (TPSA) is 108 Å². The lowest BCUT2D eigenvalue weighted by atomic mass is 10.2. The average molecular weight is 344 g/mol. The van der Waals surface area contributed by atoms with Gasteiger partial charge in [0, 0.05) is 12.5 Å². The summed E-state index contributed by atoms with van der Waals surface area (Å²) in [4.78, 5) is 21.5. The number of nitrogens with two attached hydrogens (primary N) is 1. The van der Waals surface area contributed by atoms with E-state index in [4.69, 9.17) is 5.73 Å². The Morgan fingerprint density at radius 1 is 1.21 bits per heavy atom. The molecule has 3 rings (SSSR count). The van der Waals surface area contributed by atoms with Crippen molar-refractivity contribution in [2.45, 2.75) is 17.9 Å². The fourth-order valence-electron chi connectivity index (χ4n) is 2.57. The molecule has 24 heavy (non-hydrogen) atoms. The highest BCUT2D eigenvalue weighted by Gasteiger charge is 2.21. The Bertz CT molecular complexity index is 1070. The number of sulfone groups is 1. The Hall–Kier alpha value is -2.58. The zero-order chi connectivity index (χ0) is 17.5. The Morgan fingerprint density at radius 3 is 2.54 bits per heavy atom. The van der Waals surface area contributed by atoms with Crippen LogP contribution in [0, 0.1) is 0 Å². The van der Waals surface area contributed by atoms with Crippen LogP contribution in [0.25, 0.3) is 16.6 Å². The van der Waals surface area contributed by atoms with Gasteiger partial charge >= 0.3 is 0 Å². The van der Waals surface area contributed by atoms with Gasteiger partial charge in [-0.15, -0.1) is 0 Å². The molecule has 0 fully saturated rings. The van der Waals surface area contributed by atoms with Crippen LogP contribution in [0.15, 0.2) is 52.4 Å². The van der Waals surface area contributed by atoms with Crippen molar-refractivity contribution in [1.82, 2.24) is 14.5 Å². The van der Waals surface area contributed by atoms with Crippen LogP contribution in [0.3, 0.4) is 0 Å². The van der Waals surface area contributed by atoms with Crippen molar-refractivity contribution in [2.24, 2.45) is 5.73 Å². The monoisotopic (exact) mass is 344 g/mol. The van der Waals surface area contributed by atoms with Crippen LogP contribution in [0.4, 0.5) is 0 Å². The van der Waals surface area contributed by atoms with E-state index >= 15 is 0 Å². The molecule has 0 aliphatic rings. The van der Waals surface area contributed by atoms with Crippen molar-refractivity contribution < 1.29 is 8.42 Å². The number of hydrogen-bond acceptors (Lipinski definition) is 6. The molecule has 0 bridgehead atoms. The number of nitrogens with zero attached hydrogens (tertiary/aromatic N) is 3. The molecule has 7 nitrogen and oxygen atoms in total. The summed E-state index contributed by atoms with van der Waals surface area (Å²) >= 11 is 0. The maximum atomic E-state index is 13.1. The first-order valence-electron chi connectivity index (χ1n) is 7.22. The van der Waals surface area contributed by atoms with Crippen molar-refractivity contribution >= 4 is 20.7 Å². The van der Waals surface area contributed by atoms with Gasteiger partial charge in [0.25, 0.3) is 5.56 Å². The van der Waals surface area contributed by atoms with Gasteiger partial charge in [-0.05, 0) is 31.2 Å². The second-order valence-corrected chi connectivity index (χ2v) is 7.52. The molecular formula is C16H16N4O3S. The minimum atomic E-state index is -3.58. The summed E-state index contributed by atoms with van der Waals surface area (Å²) in [6.07, 6.45) is 4.15. The smallest absolute Gasteiger partial charge is 0.267 e. The normalized spacial score (nSPS) is 13.1. The van der Waals surface area contributed by atoms with Gasteiger partial charge in [-0.25, -0.2) is 13.4 Å². The molecule has 0 unspecified atom stereocenters. The van der Waals surface area contributed by atoms with E-state index in [2.05, 4.69) is 9.97 Å². The lowest BCUT2D eigenvalue weighted by molar-refractivity contribution is 0.602. The van der Waals surface area contributed by atoms with E-state index in [0.717, 1.165) is 6.26 Å². The van der Waals surface area contributed by atoms with E-state index < -0.39 is 21.4 Å². The van der Waals surface area contributed by atoms with Crippen molar-refractivity contribution in [1.29, 1.82) is 0 Å². The highest BCUT2D eigenvalue weighted by Crippen LogP contribution is 2.21. The second-order valence-electron chi connectivity index (χ2n) is 5.53. The fraction of sp³-hybridized carbons (Fsp3) is 0.188. The first-order valence-corrected chi connectivity index (χ1v) is 9.11. The molecule has 0 radical (unpaired) electrons. The summed E-state index contributed by atoms with van der Waals surface area (Å²) in [6.45, 7) is 1.71. The summed E-state index contributed by atoms with van der Waals surface area (Å²) in [5, 5.41) is 0.0493. The zero-order valence-electron chi connectivity index (χ0n) is 13.2. The van der Waals surface area contributed by atoms with Gasteiger partial charge in [-0.1, -0.05) is 6.07 Å². The number of fused-ring (bicyclic) bond motifs is 1. The second kappa shape index (κ2) is 5.81. The van der Waals surface area contributed by atoms with Gasteiger partial charge in [0.2, 0.25) is 0 Å². The molecule has 1 atom stereocenters. The maximum absolute atomic E-state index is 13.1. The van der Waals surface area contributed by atoms with Crippen molar-refractivity contribution in [3.05, 3.63) is 58.9 Å². The number of aromatic nitrogens is 3. The molecule has 0 amide bonds. The quantitative estimate of drug-likeness (QED) is 0.765. The van der Waals surface area contributed by atoms with Gasteiger partial charge in [-0.2, -0.15) is 0 Å². The molecule has 0 aliphatic heterocycles. The molecule has 8 heteroatoms. The molecule has 124 valence electrons. The summed E-state index contributed by atoms with van der Waals surface area (Å²) in [6, 6.07) is 7.41. The molecule has 2 aromatic heterocycles. The summed E-state index contributed by atoms with van der Waals surface area (Å²) in [7, 11) is -3.58. The van der Waals surface area contributed by atoms with Crippen LogP contribution in [-0.4, -0.2) is 29.2 Å². The molecular weight excluding hydrogens is 328 g/mol. The number of pyridine rings is 1. The molecule has 0 spiro atoms. The summed E-state index contributed by atoms with van der Waals surface area (Å²) in [5.41, 5.74) is 6.27. The van der Waals surface area contributed by atoms with Crippen molar-refractivity contribution in [2.75, 3.05) is 6.26 Å². The van der Waals surface area contributed by atoms with E-state index in [1.54, 1.807) is 37.4 Å². The lowest BCUT2D eigenvalue weighted by Crippen LogP contribution is -2.28. The van der Waals surface area contributed by atoms with E-state index in [-0.39, 0.29) is 10.3 Å². The Morgan fingerprint density at radius 2 is 1.96 bits per heavy atom. The Labute approximate surface area is 138 Å². The van der Waals surface area contributed by atoms with E-state index in [0.29, 0.717) is 17.0 Å². The molecule has 0 saturated carbocycles. The van der Waals surface area contributed by atoms with Crippen molar-refractivity contribution in [3.8, 4) is 5.69 Å². The van der Waals surface area contributed by atoms with Crippen molar-refractivity contribution in [3.63, 3.8) is 0 Å². The predicted octanol–water partition coefficient (Wildman–Crippen LogP) is 1.20. The molecule has 2 heterocycles. The molecule has 1 aromatic carbocycles. The average Bonchev–Trinajstić information content (AvgIpc) is 2.54. The highest BCUT2D eigenvalue weighted by atomic mass is 32.2. The zero-order valence-corrected chi connectivity index (χ0v) is 14.0. The number of hydrogen-bond donors (Lipinski definition) is 1. The summed E-state index contributed by atoms with van der Waals surface area (Å²) < 4.78 is 25.4. The largest absolute Gasteiger partial charge is 0.322 e. The van der Waals surface area contributed by atoms with Gasteiger partial charge in [-0.3, -0.25) is 14.3 Å². The van der Waals surface area contributed by atoms with Gasteiger partial charge in [0.15, 0.2) is 9.84 Å². The first-order chi connectivity index (χ1) is 11.3. The highest BCUT2D eigenvalue weighted by molar-refractivity contribution is 7.91. The molecule has 3 aromatic rings. The Kier molecular flexibility index (Phi) is 3.94. The van der Waals surface area contributed by atoms with Crippen LogP contribution in [-0.2, 0) is 9.84 Å². The minimum Gasteiger partial charge on any atom is -0.322 e. The van der Waals surface area contributed by atoms with E-state index in [9.17, 15) is 13.2 Å². The van der Waals surface area contributed by atoms with E-state index in [1.807, 2.05) is 0 Å². The fourth-order valence-corrected chi connectivity index (χ4v) is 3.46.